The fraction of sp³-hybridized carbons (Fsp3) is 0.158. The van der Waals surface area contributed by atoms with E-state index >= 15 is 0 Å². The quantitative estimate of drug-likeness (QED) is 0.525. The number of carbonyl (C=O) groups is 1. The van der Waals surface area contributed by atoms with Crippen molar-refractivity contribution in [3.63, 3.8) is 0 Å². The van der Waals surface area contributed by atoms with Gasteiger partial charge in [-0.2, -0.15) is 0 Å². The van der Waals surface area contributed by atoms with E-state index in [1.165, 1.54) is 11.8 Å². The van der Waals surface area contributed by atoms with E-state index in [0.29, 0.717) is 17.4 Å². The lowest BCUT2D eigenvalue weighted by atomic mass is 10.2. The van der Waals surface area contributed by atoms with Crippen LogP contribution in [0.5, 0.6) is 0 Å². The van der Waals surface area contributed by atoms with E-state index in [2.05, 4.69) is 20.4 Å². The van der Waals surface area contributed by atoms with Gasteiger partial charge in [0.05, 0.1) is 12.3 Å². The van der Waals surface area contributed by atoms with Gasteiger partial charge in [0.1, 0.15) is 0 Å². The zero-order valence-corrected chi connectivity index (χ0v) is 15.0. The summed E-state index contributed by atoms with van der Waals surface area (Å²) in [4.78, 5) is 15.5. The summed E-state index contributed by atoms with van der Waals surface area (Å²) < 4.78 is 1.97. The highest BCUT2D eigenvalue weighted by Crippen LogP contribution is 2.25. The van der Waals surface area contributed by atoms with Crippen LogP contribution in [-0.2, 0) is 11.3 Å². The van der Waals surface area contributed by atoms with Gasteiger partial charge in [0.15, 0.2) is 16.7 Å². The summed E-state index contributed by atoms with van der Waals surface area (Å²) in [6.45, 7) is 9.73. The molecule has 130 valence electrons. The molecule has 0 atom stereocenters. The Morgan fingerprint density at radius 3 is 2.54 bits per heavy atom. The third kappa shape index (κ3) is 4.10. The number of aromatic nitrogens is 3. The maximum atomic E-state index is 12.1. The van der Waals surface area contributed by atoms with Crippen molar-refractivity contribution >= 4 is 29.0 Å². The summed E-state index contributed by atoms with van der Waals surface area (Å²) in [5, 5.41) is 12.0. The molecule has 0 saturated heterocycles. The van der Waals surface area contributed by atoms with E-state index in [1.54, 1.807) is 12.1 Å². The first-order valence-electron chi connectivity index (χ1n) is 8.10. The standard InChI is InChI=1S/C19H17N5OS/c1-3-24-18(14-9-11-15(20-2)12-10-14)22-23-19(24)26-13-17(25)21-16-7-5-4-6-8-16/h4-12H,3,13H2,1H3,(H,21,25). The lowest BCUT2D eigenvalue weighted by Gasteiger charge is -2.08. The number of para-hydroxylation sites is 1. The fourth-order valence-electron chi connectivity index (χ4n) is 2.43. The maximum Gasteiger partial charge on any atom is 0.234 e. The molecule has 1 amide bonds. The molecule has 0 unspecified atom stereocenters. The molecule has 0 aliphatic heterocycles. The van der Waals surface area contributed by atoms with Crippen molar-refractivity contribution in [2.75, 3.05) is 11.1 Å². The van der Waals surface area contributed by atoms with Crippen LogP contribution in [-0.4, -0.2) is 26.4 Å². The third-order valence-corrected chi connectivity index (χ3v) is 4.64. The Bertz CT molecular complexity index is 929. The molecule has 6 nitrogen and oxygen atoms in total. The summed E-state index contributed by atoms with van der Waals surface area (Å²) in [5.41, 5.74) is 2.26. The molecular formula is C19H17N5OS. The van der Waals surface area contributed by atoms with E-state index in [0.717, 1.165) is 17.1 Å². The van der Waals surface area contributed by atoms with E-state index < -0.39 is 0 Å². The summed E-state index contributed by atoms with van der Waals surface area (Å²) in [6, 6.07) is 16.6. The lowest BCUT2D eigenvalue weighted by Crippen LogP contribution is -2.14. The molecule has 3 aromatic rings. The van der Waals surface area contributed by atoms with Crippen LogP contribution in [0, 0.1) is 6.57 Å². The first-order chi connectivity index (χ1) is 12.7. The summed E-state index contributed by atoms with van der Waals surface area (Å²) in [6.07, 6.45) is 0. The molecule has 1 aromatic heterocycles. The van der Waals surface area contributed by atoms with Crippen LogP contribution >= 0.6 is 11.8 Å². The zero-order valence-electron chi connectivity index (χ0n) is 14.2. The van der Waals surface area contributed by atoms with Gasteiger partial charge in [0.25, 0.3) is 0 Å². The van der Waals surface area contributed by atoms with Crippen LogP contribution in [0.1, 0.15) is 6.92 Å². The molecule has 26 heavy (non-hydrogen) atoms. The van der Waals surface area contributed by atoms with Gasteiger partial charge in [-0.05, 0) is 19.1 Å². The average Bonchev–Trinajstić information content (AvgIpc) is 3.10. The minimum Gasteiger partial charge on any atom is -0.325 e. The van der Waals surface area contributed by atoms with Crippen molar-refractivity contribution in [3.05, 3.63) is 66.0 Å². The van der Waals surface area contributed by atoms with Crippen molar-refractivity contribution in [2.24, 2.45) is 0 Å². The van der Waals surface area contributed by atoms with E-state index in [4.69, 9.17) is 6.57 Å². The van der Waals surface area contributed by atoms with Gasteiger partial charge in [-0.1, -0.05) is 54.2 Å². The number of benzene rings is 2. The van der Waals surface area contributed by atoms with Gasteiger partial charge < -0.3 is 9.88 Å². The number of rotatable bonds is 6. The van der Waals surface area contributed by atoms with Crippen LogP contribution in [0.25, 0.3) is 16.2 Å². The molecule has 3 rings (SSSR count). The molecule has 0 spiro atoms. The normalized spacial score (nSPS) is 10.3. The molecule has 0 radical (unpaired) electrons. The van der Waals surface area contributed by atoms with Crippen molar-refractivity contribution in [2.45, 2.75) is 18.6 Å². The summed E-state index contributed by atoms with van der Waals surface area (Å²) >= 11 is 1.35. The Hall–Kier alpha value is -3.11. The number of amides is 1. The first-order valence-corrected chi connectivity index (χ1v) is 9.08. The van der Waals surface area contributed by atoms with Crippen LogP contribution in [0.4, 0.5) is 11.4 Å². The smallest absolute Gasteiger partial charge is 0.234 e. The van der Waals surface area contributed by atoms with E-state index in [9.17, 15) is 4.79 Å². The first kappa shape index (κ1) is 17.7. The molecular weight excluding hydrogens is 346 g/mol. The summed E-state index contributed by atoms with van der Waals surface area (Å²) in [7, 11) is 0. The Balaban J connectivity index is 1.70. The van der Waals surface area contributed by atoms with E-state index in [-0.39, 0.29) is 11.7 Å². The summed E-state index contributed by atoms with van der Waals surface area (Å²) in [5.74, 6) is 0.897. The topological polar surface area (TPSA) is 64.2 Å². The number of nitrogens with one attached hydrogen (secondary N) is 1. The predicted octanol–water partition coefficient (Wildman–Crippen LogP) is 4.25. The molecule has 2 aromatic carbocycles. The molecule has 7 heteroatoms. The molecule has 0 aliphatic rings. The van der Waals surface area contributed by atoms with Crippen LogP contribution in [0.15, 0.2) is 59.8 Å². The van der Waals surface area contributed by atoms with Crippen molar-refractivity contribution < 1.29 is 4.79 Å². The highest BCUT2D eigenvalue weighted by atomic mass is 32.2. The van der Waals surface area contributed by atoms with Crippen LogP contribution in [0.3, 0.4) is 0 Å². The minimum atomic E-state index is -0.0881. The Morgan fingerprint density at radius 1 is 1.15 bits per heavy atom. The SMILES string of the molecule is [C-]#[N+]c1ccc(-c2nnc(SCC(=O)Nc3ccccc3)n2CC)cc1. The van der Waals surface area contributed by atoms with E-state index in [1.807, 2.05) is 54.0 Å². The Labute approximate surface area is 156 Å². The lowest BCUT2D eigenvalue weighted by molar-refractivity contribution is -0.113. The Morgan fingerprint density at radius 2 is 1.88 bits per heavy atom. The van der Waals surface area contributed by atoms with Gasteiger partial charge >= 0.3 is 0 Å². The largest absolute Gasteiger partial charge is 0.325 e. The molecule has 0 fully saturated rings. The number of carbonyl (C=O) groups excluding carboxylic acids is 1. The fourth-order valence-corrected chi connectivity index (χ4v) is 3.23. The third-order valence-electron chi connectivity index (χ3n) is 3.68. The second-order valence-corrected chi connectivity index (χ2v) is 6.35. The van der Waals surface area contributed by atoms with Gasteiger partial charge in [-0.15, -0.1) is 10.2 Å². The molecule has 0 aliphatic carbocycles. The molecule has 1 heterocycles. The number of thioether (sulfide) groups is 1. The minimum absolute atomic E-state index is 0.0881. The number of hydrogen-bond donors (Lipinski definition) is 1. The van der Waals surface area contributed by atoms with Gasteiger partial charge in [0.2, 0.25) is 5.91 Å². The molecule has 0 saturated carbocycles. The van der Waals surface area contributed by atoms with Gasteiger partial charge in [0, 0.05) is 17.8 Å². The monoisotopic (exact) mass is 363 g/mol. The molecule has 1 N–H and O–H groups in total. The number of anilines is 1. The predicted molar refractivity (Wildman–Crippen MR) is 103 cm³/mol. The average molecular weight is 363 g/mol. The highest BCUT2D eigenvalue weighted by Gasteiger charge is 2.14. The van der Waals surface area contributed by atoms with Crippen molar-refractivity contribution in [1.82, 2.24) is 14.8 Å². The second-order valence-electron chi connectivity index (χ2n) is 5.41. The van der Waals surface area contributed by atoms with Crippen molar-refractivity contribution in [3.8, 4) is 11.4 Å². The highest BCUT2D eigenvalue weighted by molar-refractivity contribution is 7.99. The second kappa shape index (κ2) is 8.32. The van der Waals surface area contributed by atoms with Gasteiger partial charge in [-0.3, -0.25) is 4.79 Å². The van der Waals surface area contributed by atoms with Crippen molar-refractivity contribution in [1.29, 1.82) is 0 Å². The van der Waals surface area contributed by atoms with Crippen LogP contribution < -0.4 is 5.32 Å². The number of nitrogens with zero attached hydrogens (tertiary/aromatic N) is 4. The number of hydrogen-bond acceptors (Lipinski definition) is 4. The maximum absolute atomic E-state index is 12.1. The van der Waals surface area contributed by atoms with Gasteiger partial charge in [-0.25, -0.2) is 4.85 Å². The molecule has 0 bridgehead atoms. The Kier molecular flexibility index (Phi) is 5.66. The zero-order chi connectivity index (χ0) is 18.4. The van der Waals surface area contributed by atoms with Crippen LogP contribution in [0.2, 0.25) is 0 Å².